The quantitative estimate of drug-likeness (QED) is 0.772. The summed E-state index contributed by atoms with van der Waals surface area (Å²) in [6.45, 7) is 6.92. The molecule has 0 aliphatic heterocycles. The highest BCUT2D eigenvalue weighted by atomic mass is 19.4. The van der Waals surface area contributed by atoms with Crippen molar-refractivity contribution < 1.29 is 17.9 Å². The Morgan fingerprint density at radius 2 is 1.65 bits per heavy atom. The third kappa shape index (κ3) is 3.88. The number of rotatable bonds is 6. The molecule has 0 aliphatic carbocycles. The molecule has 0 aliphatic rings. The molecule has 0 fully saturated rings. The summed E-state index contributed by atoms with van der Waals surface area (Å²) in [5, 5.41) is 0. The maximum Gasteiger partial charge on any atom is 0.392 e. The monoisotopic (exact) mass is 289 g/mol. The molecule has 1 aromatic carbocycles. The van der Waals surface area contributed by atoms with E-state index in [1.54, 1.807) is 12.1 Å². The second-order valence-corrected chi connectivity index (χ2v) is 4.92. The lowest BCUT2D eigenvalue weighted by Crippen LogP contribution is -2.34. The summed E-state index contributed by atoms with van der Waals surface area (Å²) < 4.78 is 43.7. The van der Waals surface area contributed by atoms with Crippen LogP contribution in [-0.4, -0.2) is 26.4 Å². The summed E-state index contributed by atoms with van der Waals surface area (Å²) in [5.41, 5.74) is -0.00752. The van der Waals surface area contributed by atoms with Crippen molar-refractivity contribution in [3.05, 3.63) is 29.8 Å². The average Bonchev–Trinajstić information content (AvgIpc) is 2.38. The van der Waals surface area contributed by atoms with Crippen molar-refractivity contribution in [1.82, 2.24) is 0 Å². The van der Waals surface area contributed by atoms with Crippen LogP contribution in [0.2, 0.25) is 0 Å². The van der Waals surface area contributed by atoms with Crippen LogP contribution in [0.25, 0.3) is 0 Å². The summed E-state index contributed by atoms with van der Waals surface area (Å²) in [7, 11) is 1.32. The zero-order valence-corrected chi connectivity index (χ0v) is 12.4. The van der Waals surface area contributed by atoms with E-state index in [1.165, 1.54) is 14.0 Å². The van der Waals surface area contributed by atoms with Crippen LogP contribution in [0.5, 0.6) is 0 Å². The first-order valence-corrected chi connectivity index (χ1v) is 6.73. The smallest absolute Gasteiger partial charge is 0.373 e. The molecule has 5 heteroatoms. The molecule has 0 saturated carbocycles. The number of halogens is 3. The summed E-state index contributed by atoms with van der Waals surface area (Å²) in [6, 6.07) is 7.13. The van der Waals surface area contributed by atoms with E-state index in [4.69, 9.17) is 4.74 Å². The Bertz CT molecular complexity index is 429. The number of benzene rings is 1. The fourth-order valence-corrected chi connectivity index (χ4v) is 2.42. The van der Waals surface area contributed by atoms with E-state index in [2.05, 4.69) is 0 Å². The fraction of sp³-hybridized carbons (Fsp3) is 0.600. The number of alkyl halides is 3. The standard InChI is InChI=1S/C15H22F3NO/c1-5-19(6-2)13-10-8-7-9-12(13)14(3,20-4)11-15(16,17)18/h7-10H,5-6,11H2,1-4H3. The van der Waals surface area contributed by atoms with Crippen LogP contribution >= 0.6 is 0 Å². The molecular weight excluding hydrogens is 267 g/mol. The second kappa shape index (κ2) is 6.48. The molecule has 20 heavy (non-hydrogen) atoms. The molecule has 114 valence electrons. The molecular formula is C15H22F3NO. The summed E-state index contributed by atoms with van der Waals surface area (Å²) in [6.07, 6.45) is -5.28. The van der Waals surface area contributed by atoms with E-state index in [0.29, 0.717) is 5.56 Å². The Labute approximate surface area is 118 Å². The highest BCUT2D eigenvalue weighted by Crippen LogP contribution is 2.40. The van der Waals surface area contributed by atoms with Gasteiger partial charge in [-0.15, -0.1) is 0 Å². The molecule has 0 N–H and O–H groups in total. The Hall–Kier alpha value is -1.23. The zero-order chi connectivity index (χ0) is 15.4. The van der Waals surface area contributed by atoms with Gasteiger partial charge in [0.1, 0.15) is 5.60 Å². The van der Waals surface area contributed by atoms with Gasteiger partial charge in [-0.2, -0.15) is 13.2 Å². The molecule has 2 nitrogen and oxygen atoms in total. The van der Waals surface area contributed by atoms with Gasteiger partial charge >= 0.3 is 6.18 Å². The predicted octanol–water partition coefficient (Wildman–Crippen LogP) is 4.35. The fourth-order valence-electron chi connectivity index (χ4n) is 2.42. The van der Waals surface area contributed by atoms with Crippen molar-refractivity contribution in [2.24, 2.45) is 0 Å². The van der Waals surface area contributed by atoms with Crippen molar-refractivity contribution in [2.75, 3.05) is 25.1 Å². The number of hydrogen-bond donors (Lipinski definition) is 0. The van der Waals surface area contributed by atoms with Crippen molar-refractivity contribution >= 4 is 5.69 Å². The zero-order valence-electron chi connectivity index (χ0n) is 12.4. The summed E-state index contributed by atoms with van der Waals surface area (Å²) >= 11 is 0. The lowest BCUT2D eigenvalue weighted by molar-refractivity contribution is -0.181. The molecule has 1 rings (SSSR count). The van der Waals surface area contributed by atoms with E-state index in [-0.39, 0.29) is 0 Å². The first-order chi connectivity index (χ1) is 9.27. The number of ether oxygens (including phenoxy) is 1. The Kier molecular flexibility index (Phi) is 5.45. The molecule has 0 bridgehead atoms. The molecule has 0 radical (unpaired) electrons. The molecule has 0 saturated heterocycles. The van der Waals surface area contributed by atoms with Gasteiger partial charge in [0.25, 0.3) is 0 Å². The third-order valence-corrected chi connectivity index (χ3v) is 3.57. The number of anilines is 1. The number of para-hydroxylation sites is 1. The van der Waals surface area contributed by atoms with Crippen LogP contribution in [0.3, 0.4) is 0 Å². The number of methoxy groups -OCH3 is 1. The van der Waals surface area contributed by atoms with Crippen molar-refractivity contribution in [1.29, 1.82) is 0 Å². The molecule has 1 aromatic rings. The Morgan fingerprint density at radius 3 is 2.10 bits per heavy atom. The third-order valence-electron chi connectivity index (χ3n) is 3.57. The van der Waals surface area contributed by atoms with Gasteiger partial charge < -0.3 is 9.64 Å². The van der Waals surface area contributed by atoms with Crippen molar-refractivity contribution in [3.8, 4) is 0 Å². The van der Waals surface area contributed by atoms with Crippen molar-refractivity contribution in [3.63, 3.8) is 0 Å². The van der Waals surface area contributed by atoms with Crippen LogP contribution in [0.15, 0.2) is 24.3 Å². The van der Waals surface area contributed by atoms with Crippen LogP contribution in [-0.2, 0) is 10.3 Å². The predicted molar refractivity (Wildman–Crippen MR) is 75.0 cm³/mol. The SMILES string of the molecule is CCN(CC)c1ccccc1C(C)(CC(F)(F)F)OC. The molecule has 0 amide bonds. The van der Waals surface area contributed by atoms with Gasteiger partial charge in [-0.1, -0.05) is 18.2 Å². The highest BCUT2D eigenvalue weighted by Gasteiger charge is 2.42. The normalized spacial score (nSPS) is 14.9. The Balaban J connectivity index is 3.28. The summed E-state index contributed by atoms with van der Waals surface area (Å²) in [4.78, 5) is 2.03. The van der Waals surface area contributed by atoms with E-state index in [1.807, 2.05) is 30.9 Å². The lowest BCUT2D eigenvalue weighted by Gasteiger charge is -2.34. The summed E-state index contributed by atoms with van der Waals surface area (Å²) in [5.74, 6) is 0. The van der Waals surface area contributed by atoms with Crippen LogP contribution < -0.4 is 4.90 Å². The van der Waals surface area contributed by atoms with Gasteiger partial charge in [0, 0.05) is 31.5 Å². The van der Waals surface area contributed by atoms with Gasteiger partial charge in [0.15, 0.2) is 0 Å². The molecule has 0 aromatic heterocycles. The molecule has 1 atom stereocenters. The minimum Gasteiger partial charge on any atom is -0.373 e. The molecule has 1 unspecified atom stereocenters. The first-order valence-electron chi connectivity index (χ1n) is 6.73. The minimum atomic E-state index is -4.28. The van der Waals surface area contributed by atoms with Crippen LogP contribution in [0.4, 0.5) is 18.9 Å². The maximum absolute atomic E-state index is 12.8. The largest absolute Gasteiger partial charge is 0.392 e. The van der Waals surface area contributed by atoms with Crippen LogP contribution in [0, 0.1) is 0 Å². The van der Waals surface area contributed by atoms with Gasteiger partial charge in [-0.25, -0.2) is 0 Å². The topological polar surface area (TPSA) is 12.5 Å². The minimum absolute atomic E-state index is 0.573. The van der Waals surface area contributed by atoms with Gasteiger partial charge in [0.2, 0.25) is 0 Å². The Morgan fingerprint density at radius 1 is 1.10 bits per heavy atom. The van der Waals surface area contributed by atoms with Gasteiger partial charge in [-0.3, -0.25) is 0 Å². The molecule has 0 heterocycles. The van der Waals surface area contributed by atoms with E-state index < -0.39 is 18.2 Å². The van der Waals surface area contributed by atoms with E-state index >= 15 is 0 Å². The lowest BCUT2D eigenvalue weighted by atomic mass is 9.90. The maximum atomic E-state index is 12.8. The highest BCUT2D eigenvalue weighted by molar-refractivity contribution is 5.56. The molecule has 0 spiro atoms. The second-order valence-electron chi connectivity index (χ2n) is 4.92. The number of nitrogens with zero attached hydrogens (tertiary/aromatic N) is 1. The van der Waals surface area contributed by atoms with E-state index in [0.717, 1.165) is 18.8 Å². The van der Waals surface area contributed by atoms with Gasteiger partial charge in [-0.05, 0) is 26.8 Å². The first kappa shape index (κ1) is 16.8. The van der Waals surface area contributed by atoms with Crippen LogP contribution in [0.1, 0.15) is 32.8 Å². The average molecular weight is 289 g/mol. The number of hydrogen-bond acceptors (Lipinski definition) is 2. The van der Waals surface area contributed by atoms with E-state index in [9.17, 15) is 13.2 Å². The van der Waals surface area contributed by atoms with Gasteiger partial charge in [0.05, 0.1) is 6.42 Å². The van der Waals surface area contributed by atoms with Crippen molar-refractivity contribution in [2.45, 2.75) is 39.0 Å².